The number of alkyl halides is 1. The number of halogens is 1. The molecular formula is C4H9ClN2S. The molecule has 48 valence electrons. The lowest BCUT2D eigenvalue weighted by Gasteiger charge is -2.02. The van der Waals surface area contributed by atoms with Gasteiger partial charge in [0.15, 0.2) is 5.11 Å². The second-order valence-corrected chi connectivity index (χ2v) is 2.71. The molecule has 0 aromatic rings. The van der Waals surface area contributed by atoms with E-state index < -0.39 is 0 Å². The summed E-state index contributed by atoms with van der Waals surface area (Å²) in [5.41, 5.74) is 5.10. The minimum Gasteiger partial charge on any atom is -0.376 e. The van der Waals surface area contributed by atoms with Gasteiger partial charge in [-0.25, -0.2) is 0 Å². The zero-order valence-corrected chi connectivity index (χ0v) is 6.22. The van der Waals surface area contributed by atoms with Crippen molar-refractivity contribution in [1.29, 1.82) is 0 Å². The molecule has 0 saturated carbocycles. The Morgan fingerprint density at radius 2 is 2.50 bits per heavy atom. The fraction of sp³-hybridized carbons (Fsp3) is 0.750. The molecule has 0 fully saturated rings. The Morgan fingerprint density at radius 3 is 2.62 bits per heavy atom. The average Bonchev–Trinajstić information content (AvgIpc) is 1.61. The van der Waals surface area contributed by atoms with Gasteiger partial charge in [0.1, 0.15) is 0 Å². The number of hydrogen-bond donors (Lipinski definition) is 2. The van der Waals surface area contributed by atoms with E-state index in [1.165, 1.54) is 0 Å². The summed E-state index contributed by atoms with van der Waals surface area (Å²) in [6.45, 7) is 2.50. The Labute approximate surface area is 59.4 Å². The van der Waals surface area contributed by atoms with Crippen LogP contribution in [0.25, 0.3) is 0 Å². The number of nitrogens with two attached hydrogens (primary N) is 1. The molecule has 8 heavy (non-hydrogen) atoms. The topological polar surface area (TPSA) is 38.0 Å². The van der Waals surface area contributed by atoms with Crippen molar-refractivity contribution in [2.45, 2.75) is 12.3 Å². The molecule has 1 atom stereocenters. The van der Waals surface area contributed by atoms with E-state index in [1.807, 2.05) is 6.92 Å². The van der Waals surface area contributed by atoms with E-state index in [0.29, 0.717) is 11.7 Å². The molecule has 3 N–H and O–H groups in total. The van der Waals surface area contributed by atoms with Gasteiger partial charge >= 0.3 is 0 Å². The van der Waals surface area contributed by atoms with Crippen molar-refractivity contribution in [1.82, 2.24) is 5.32 Å². The maximum absolute atomic E-state index is 5.54. The summed E-state index contributed by atoms with van der Waals surface area (Å²) in [5, 5.41) is 3.11. The molecule has 0 aliphatic rings. The van der Waals surface area contributed by atoms with E-state index in [4.69, 9.17) is 17.3 Å². The van der Waals surface area contributed by atoms with Crippen molar-refractivity contribution in [2.75, 3.05) is 6.54 Å². The van der Waals surface area contributed by atoms with Crippen LogP contribution in [0.4, 0.5) is 0 Å². The predicted octanol–water partition coefficient (Wildman–Crippen LogP) is 0.447. The smallest absolute Gasteiger partial charge is 0.163 e. The Hall–Kier alpha value is -0.0200. The van der Waals surface area contributed by atoms with Gasteiger partial charge in [-0.1, -0.05) is 0 Å². The van der Waals surface area contributed by atoms with Gasteiger partial charge in [0.05, 0.1) is 0 Å². The maximum atomic E-state index is 5.54. The van der Waals surface area contributed by atoms with Crippen molar-refractivity contribution < 1.29 is 0 Å². The fourth-order valence-corrected chi connectivity index (χ4v) is 0.402. The van der Waals surface area contributed by atoms with E-state index in [1.54, 1.807) is 0 Å². The molecular weight excluding hydrogens is 144 g/mol. The summed E-state index contributed by atoms with van der Waals surface area (Å²) in [7, 11) is 0. The van der Waals surface area contributed by atoms with Crippen molar-refractivity contribution >= 4 is 28.9 Å². The minimum atomic E-state index is 0.0801. The third-order valence-electron chi connectivity index (χ3n) is 0.558. The van der Waals surface area contributed by atoms with Gasteiger partial charge in [-0.15, -0.1) is 11.6 Å². The van der Waals surface area contributed by atoms with Crippen LogP contribution in [0.5, 0.6) is 0 Å². The van der Waals surface area contributed by atoms with Crippen LogP contribution in [0.1, 0.15) is 6.92 Å². The molecule has 0 bridgehead atoms. The van der Waals surface area contributed by atoms with Gasteiger partial charge < -0.3 is 11.1 Å². The molecule has 0 aliphatic carbocycles. The number of thiocarbonyl (C=S) groups is 1. The van der Waals surface area contributed by atoms with Crippen LogP contribution in [-0.2, 0) is 0 Å². The van der Waals surface area contributed by atoms with E-state index in [-0.39, 0.29) is 5.38 Å². The first-order valence-electron chi connectivity index (χ1n) is 2.30. The van der Waals surface area contributed by atoms with Crippen molar-refractivity contribution in [3.63, 3.8) is 0 Å². The Bertz CT molecular complexity index is 84.1. The average molecular weight is 153 g/mol. The molecule has 0 rings (SSSR count). The molecule has 0 aliphatic heterocycles. The molecule has 0 saturated heterocycles. The van der Waals surface area contributed by atoms with Crippen molar-refractivity contribution in [3.05, 3.63) is 0 Å². The van der Waals surface area contributed by atoms with E-state index in [0.717, 1.165) is 0 Å². The Balaban J connectivity index is 3.05. The van der Waals surface area contributed by atoms with Crippen LogP contribution in [0.15, 0.2) is 0 Å². The summed E-state index contributed by atoms with van der Waals surface area (Å²) in [6.07, 6.45) is 0. The van der Waals surface area contributed by atoms with E-state index in [2.05, 4.69) is 17.5 Å². The first kappa shape index (κ1) is 7.98. The van der Waals surface area contributed by atoms with Gasteiger partial charge in [-0.3, -0.25) is 0 Å². The zero-order valence-electron chi connectivity index (χ0n) is 4.65. The van der Waals surface area contributed by atoms with Crippen LogP contribution in [0, 0.1) is 0 Å². The first-order chi connectivity index (χ1) is 3.63. The van der Waals surface area contributed by atoms with Gasteiger partial charge in [0, 0.05) is 11.9 Å². The van der Waals surface area contributed by atoms with Crippen LogP contribution in [0.2, 0.25) is 0 Å². The van der Waals surface area contributed by atoms with Crippen LogP contribution < -0.4 is 11.1 Å². The molecule has 4 heteroatoms. The monoisotopic (exact) mass is 152 g/mol. The fourth-order valence-electron chi connectivity index (χ4n) is 0.241. The second-order valence-electron chi connectivity index (χ2n) is 1.53. The lowest BCUT2D eigenvalue weighted by Crippen LogP contribution is -2.32. The normalized spacial score (nSPS) is 12.8. The number of hydrogen-bond acceptors (Lipinski definition) is 1. The Kier molecular flexibility index (Phi) is 3.91. The quantitative estimate of drug-likeness (QED) is 0.446. The lowest BCUT2D eigenvalue weighted by atomic mass is 10.5. The maximum Gasteiger partial charge on any atom is 0.163 e. The number of nitrogens with one attached hydrogen (secondary N) is 1. The van der Waals surface area contributed by atoms with Gasteiger partial charge in [0.2, 0.25) is 0 Å². The summed E-state index contributed by atoms with van der Waals surface area (Å²) >= 11 is 10.1. The lowest BCUT2D eigenvalue weighted by molar-refractivity contribution is 0.851. The summed E-state index contributed by atoms with van der Waals surface area (Å²) in [5.74, 6) is 0. The molecule has 0 aromatic carbocycles. The van der Waals surface area contributed by atoms with Gasteiger partial charge in [-0.2, -0.15) is 0 Å². The highest BCUT2D eigenvalue weighted by Crippen LogP contribution is 1.87. The highest BCUT2D eigenvalue weighted by molar-refractivity contribution is 7.80. The largest absolute Gasteiger partial charge is 0.376 e. The van der Waals surface area contributed by atoms with Crippen molar-refractivity contribution in [3.8, 4) is 0 Å². The molecule has 2 nitrogen and oxygen atoms in total. The SMILES string of the molecule is CC(Cl)CNC(N)=S. The second kappa shape index (κ2) is 3.92. The molecule has 1 unspecified atom stereocenters. The first-order valence-corrected chi connectivity index (χ1v) is 3.14. The van der Waals surface area contributed by atoms with E-state index >= 15 is 0 Å². The summed E-state index contributed by atoms with van der Waals surface area (Å²) in [6, 6.07) is 0. The molecule has 0 amide bonds. The third-order valence-corrected chi connectivity index (χ3v) is 0.856. The van der Waals surface area contributed by atoms with E-state index in [9.17, 15) is 0 Å². The zero-order chi connectivity index (χ0) is 6.57. The summed E-state index contributed by atoms with van der Waals surface area (Å²) < 4.78 is 0. The summed E-state index contributed by atoms with van der Waals surface area (Å²) in [4.78, 5) is 0. The van der Waals surface area contributed by atoms with Crippen LogP contribution in [-0.4, -0.2) is 17.0 Å². The molecule has 0 spiro atoms. The Morgan fingerprint density at radius 1 is 2.00 bits per heavy atom. The molecule has 0 heterocycles. The van der Waals surface area contributed by atoms with Gasteiger partial charge in [0.25, 0.3) is 0 Å². The van der Waals surface area contributed by atoms with Gasteiger partial charge in [-0.05, 0) is 19.1 Å². The third kappa shape index (κ3) is 5.98. The molecule has 0 radical (unpaired) electrons. The predicted molar refractivity (Wildman–Crippen MR) is 40.1 cm³/mol. The highest BCUT2D eigenvalue weighted by Gasteiger charge is 1.92. The standard InChI is InChI=1S/C4H9ClN2S/c1-3(5)2-7-4(6)8/h3H,2H2,1H3,(H3,6,7,8). The number of rotatable bonds is 2. The molecule has 0 aromatic heterocycles. The van der Waals surface area contributed by atoms with Crippen LogP contribution >= 0.6 is 23.8 Å². The minimum absolute atomic E-state index is 0.0801. The van der Waals surface area contributed by atoms with Crippen molar-refractivity contribution in [2.24, 2.45) is 5.73 Å². The van der Waals surface area contributed by atoms with Crippen LogP contribution in [0.3, 0.4) is 0 Å². The highest BCUT2D eigenvalue weighted by atomic mass is 35.5.